The Balaban J connectivity index is 2.44. The number of aryl methyl sites for hydroxylation is 1. The minimum Gasteiger partial charge on any atom is -0.467 e. The van der Waals surface area contributed by atoms with E-state index < -0.39 is 0 Å². The van der Waals surface area contributed by atoms with Crippen molar-refractivity contribution in [2.24, 2.45) is 0 Å². The average Bonchev–Trinajstić information content (AvgIpc) is 2.48. The summed E-state index contributed by atoms with van der Waals surface area (Å²) in [5, 5.41) is 2.71. The summed E-state index contributed by atoms with van der Waals surface area (Å²) in [5.41, 5.74) is 1.06. The quantitative estimate of drug-likeness (QED) is 0.718. The van der Waals surface area contributed by atoms with E-state index in [1.54, 1.807) is 19.3 Å². The molecule has 1 heterocycles. The molecule has 0 aliphatic carbocycles. The van der Waals surface area contributed by atoms with Gasteiger partial charge < -0.3 is 9.73 Å². The highest BCUT2D eigenvalue weighted by Gasteiger charge is 2.01. The molecule has 0 fully saturated rings. The standard InChI is InChI=1S/C10H13NO2/c1-3-4-10(12)11-7-9-8(2)5-6-13-9/h3-6H,7H2,1-2H3,(H,11,12)/b4-3+. The maximum atomic E-state index is 11.0. The third-order valence-electron chi connectivity index (χ3n) is 1.71. The molecule has 0 aliphatic heterocycles. The molecule has 3 heteroatoms. The van der Waals surface area contributed by atoms with Crippen LogP contribution in [0, 0.1) is 6.92 Å². The zero-order chi connectivity index (χ0) is 9.68. The first-order chi connectivity index (χ1) is 6.24. The topological polar surface area (TPSA) is 42.2 Å². The number of hydrogen-bond donors (Lipinski definition) is 1. The lowest BCUT2D eigenvalue weighted by Gasteiger charge is -1.99. The molecule has 1 rings (SSSR count). The van der Waals surface area contributed by atoms with Gasteiger partial charge in [0.1, 0.15) is 5.76 Å². The minimum atomic E-state index is -0.0988. The van der Waals surface area contributed by atoms with Crippen LogP contribution in [-0.4, -0.2) is 5.91 Å². The fraction of sp³-hybridized carbons (Fsp3) is 0.300. The molecule has 0 saturated heterocycles. The van der Waals surface area contributed by atoms with E-state index in [1.807, 2.05) is 13.0 Å². The number of carbonyl (C=O) groups excluding carboxylic acids is 1. The molecule has 1 aromatic rings. The van der Waals surface area contributed by atoms with Crippen molar-refractivity contribution in [2.45, 2.75) is 20.4 Å². The second-order valence-corrected chi connectivity index (χ2v) is 2.74. The van der Waals surface area contributed by atoms with Crippen LogP contribution in [0.1, 0.15) is 18.2 Å². The van der Waals surface area contributed by atoms with Crippen molar-refractivity contribution >= 4 is 5.91 Å². The van der Waals surface area contributed by atoms with Gasteiger partial charge in [0, 0.05) is 0 Å². The van der Waals surface area contributed by atoms with Crippen molar-refractivity contribution in [1.29, 1.82) is 0 Å². The van der Waals surface area contributed by atoms with E-state index in [4.69, 9.17) is 4.42 Å². The summed E-state index contributed by atoms with van der Waals surface area (Å²) in [4.78, 5) is 11.0. The fourth-order valence-electron chi connectivity index (χ4n) is 0.963. The number of amides is 1. The molecule has 3 nitrogen and oxygen atoms in total. The van der Waals surface area contributed by atoms with Crippen LogP contribution in [0.25, 0.3) is 0 Å². The van der Waals surface area contributed by atoms with Crippen molar-refractivity contribution in [2.75, 3.05) is 0 Å². The second kappa shape index (κ2) is 4.50. The predicted molar refractivity (Wildman–Crippen MR) is 50.1 cm³/mol. The average molecular weight is 179 g/mol. The third kappa shape index (κ3) is 2.78. The Bertz CT molecular complexity index is 312. The van der Waals surface area contributed by atoms with E-state index in [1.165, 1.54) is 6.08 Å². The van der Waals surface area contributed by atoms with E-state index >= 15 is 0 Å². The first-order valence-electron chi connectivity index (χ1n) is 4.17. The van der Waals surface area contributed by atoms with Gasteiger partial charge in [0.15, 0.2) is 0 Å². The molecular weight excluding hydrogens is 166 g/mol. The molecule has 0 spiro atoms. The molecule has 13 heavy (non-hydrogen) atoms. The molecule has 0 aliphatic rings. The SMILES string of the molecule is C/C=C/C(=O)NCc1occc1C. The van der Waals surface area contributed by atoms with Gasteiger partial charge in [-0.15, -0.1) is 0 Å². The predicted octanol–water partition coefficient (Wildman–Crippen LogP) is 1.78. The van der Waals surface area contributed by atoms with Crippen molar-refractivity contribution in [3.05, 3.63) is 35.8 Å². The van der Waals surface area contributed by atoms with E-state index in [9.17, 15) is 4.79 Å². The molecule has 0 atom stereocenters. The van der Waals surface area contributed by atoms with Crippen molar-refractivity contribution < 1.29 is 9.21 Å². The van der Waals surface area contributed by atoms with Crippen LogP contribution in [0.2, 0.25) is 0 Å². The highest BCUT2D eigenvalue weighted by molar-refractivity contribution is 5.87. The molecule has 0 unspecified atom stereocenters. The summed E-state index contributed by atoms with van der Waals surface area (Å²) in [5.74, 6) is 0.705. The number of nitrogens with one attached hydrogen (secondary N) is 1. The van der Waals surface area contributed by atoms with Gasteiger partial charge in [-0.3, -0.25) is 4.79 Å². The molecule has 70 valence electrons. The van der Waals surface area contributed by atoms with Crippen LogP contribution in [0.4, 0.5) is 0 Å². The molecule has 1 N–H and O–H groups in total. The van der Waals surface area contributed by atoms with E-state index in [0.29, 0.717) is 6.54 Å². The summed E-state index contributed by atoms with van der Waals surface area (Å²) >= 11 is 0. The normalized spacial score (nSPS) is 10.6. The van der Waals surface area contributed by atoms with Crippen molar-refractivity contribution in [1.82, 2.24) is 5.32 Å². The van der Waals surface area contributed by atoms with Crippen LogP contribution in [0.5, 0.6) is 0 Å². The summed E-state index contributed by atoms with van der Waals surface area (Å²) in [6.45, 7) is 4.19. The number of rotatable bonds is 3. The Hall–Kier alpha value is -1.51. The molecule has 1 amide bonds. The monoisotopic (exact) mass is 179 g/mol. The number of hydrogen-bond acceptors (Lipinski definition) is 2. The number of allylic oxidation sites excluding steroid dienone is 1. The largest absolute Gasteiger partial charge is 0.467 e. The summed E-state index contributed by atoms with van der Waals surface area (Å²) in [6.07, 6.45) is 4.80. The summed E-state index contributed by atoms with van der Waals surface area (Å²) < 4.78 is 5.15. The minimum absolute atomic E-state index is 0.0988. The highest BCUT2D eigenvalue weighted by Crippen LogP contribution is 2.07. The summed E-state index contributed by atoms with van der Waals surface area (Å²) in [7, 11) is 0. The number of carbonyl (C=O) groups is 1. The van der Waals surface area contributed by atoms with Gasteiger partial charge in [0.2, 0.25) is 5.91 Å². The van der Waals surface area contributed by atoms with Gasteiger partial charge in [-0.2, -0.15) is 0 Å². The lowest BCUT2D eigenvalue weighted by Crippen LogP contribution is -2.20. The van der Waals surface area contributed by atoms with Gasteiger partial charge in [-0.25, -0.2) is 0 Å². The van der Waals surface area contributed by atoms with E-state index in [0.717, 1.165) is 11.3 Å². The Kier molecular flexibility index (Phi) is 3.31. The van der Waals surface area contributed by atoms with Crippen molar-refractivity contribution in [3.8, 4) is 0 Å². The lowest BCUT2D eigenvalue weighted by molar-refractivity contribution is -0.116. The molecule has 0 radical (unpaired) electrons. The lowest BCUT2D eigenvalue weighted by atomic mass is 10.3. The Morgan fingerprint density at radius 2 is 2.46 bits per heavy atom. The molecule has 0 saturated carbocycles. The van der Waals surface area contributed by atoms with E-state index in [-0.39, 0.29) is 5.91 Å². The van der Waals surface area contributed by atoms with Crippen LogP contribution in [-0.2, 0) is 11.3 Å². The van der Waals surface area contributed by atoms with Crippen LogP contribution >= 0.6 is 0 Å². The third-order valence-corrected chi connectivity index (χ3v) is 1.71. The van der Waals surface area contributed by atoms with Crippen LogP contribution < -0.4 is 5.32 Å². The Labute approximate surface area is 77.4 Å². The zero-order valence-electron chi connectivity index (χ0n) is 7.83. The first-order valence-corrected chi connectivity index (χ1v) is 4.17. The molecule has 1 aromatic heterocycles. The van der Waals surface area contributed by atoms with Gasteiger partial charge in [-0.1, -0.05) is 6.08 Å². The Morgan fingerprint density at radius 1 is 1.69 bits per heavy atom. The zero-order valence-corrected chi connectivity index (χ0v) is 7.83. The Morgan fingerprint density at radius 3 is 3.00 bits per heavy atom. The van der Waals surface area contributed by atoms with Crippen molar-refractivity contribution in [3.63, 3.8) is 0 Å². The maximum Gasteiger partial charge on any atom is 0.244 e. The van der Waals surface area contributed by atoms with Gasteiger partial charge in [0.25, 0.3) is 0 Å². The van der Waals surface area contributed by atoms with Gasteiger partial charge in [-0.05, 0) is 31.6 Å². The van der Waals surface area contributed by atoms with Gasteiger partial charge >= 0.3 is 0 Å². The smallest absolute Gasteiger partial charge is 0.244 e. The summed E-state index contributed by atoms with van der Waals surface area (Å²) in [6, 6.07) is 1.87. The first kappa shape index (κ1) is 9.58. The fourth-order valence-corrected chi connectivity index (χ4v) is 0.963. The second-order valence-electron chi connectivity index (χ2n) is 2.74. The molecule has 0 aromatic carbocycles. The van der Waals surface area contributed by atoms with Crippen LogP contribution in [0.15, 0.2) is 28.9 Å². The van der Waals surface area contributed by atoms with E-state index in [2.05, 4.69) is 5.32 Å². The highest BCUT2D eigenvalue weighted by atomic mass is 16.3. The number of furan rings is 1. The molecule has 0 bridgehead atoms. The maximum absolute atomic E-state index is 11.0. The van der Waals surface area contributed by atoms with Crippen LogP contribution in [0.3, 0.4) is 0 Å². The van der Waals surface area contributed by atoms with Gasteiger partial charge in [0.05, 0.1) is 12.8 Å². The molecular formula is C10H13NO2.